The molecule has 0 radical (unpaired) electrons. The standard InChI is InChI=1S/C42H41ClFN3O4/c1-30-3-5-34(6-4-30)29-50-38-16-17-41(45-27-38)51-40-25-31(2)35(26-39(40)43)11-18-42(48)47-22-20-46(21-23-47)28-33-9-7-32(8-10-33)19-24-49-37-14-12-36(44)13-15-37/h3-18,25-27H,19-24,28-29H2,1-2H3/b18-11+. The van der Waals surface area contributed by atoms with Crippen LogP contribution in [0.25, 0.3) is 6.08 Å². The summed E-state index contributed by atoms with van der Waals surface area (Å²) >= 11 is 6.59. The van der Waals surface area contributed by atoms with Crippen LogP contribution >= 0.6 is 11.6 Å². The Morgan fingerprint density at radius 1 is 0.824 bits per heavy atom. The van der Waals surface area contributed by atoms with Crippen LogP contribution in [0.3, 0.4) is 0 Å². The Kier molecular flexibility index (Phi) is 12.0. The topological polar surface area (TPSA) is 64.1 Å². The lowest BCUT2D eigenvalue weighted by Gasteiger charge is -2.34. The summed E-state index contributed by atoms with van der Waals surface area (Å²) in [6.45, 7) is 8.76. The lowest BCUT2D eigenvalue weighted by molar-refractivity contribution is -0.127. The molecular formula is C42H41ClFN3O4. The van der Waals surface area contributed by atoms with Gasteiger partial charge in [-0.25, -0.2) is 9.37 Å². The fourth-order valence-electron chi connectivity index (χ4n) is 5.68. The second kappa shape index (κ2) is 17.2. The molecule has 1 aromatic heterocycles. The van der Waals surface area contributed by atoms with Crippen LogP contribution in [0.1, 0.15) is 33.4 Å². The zero-order valence-electron chi connectivity index (χ0n) is 28.9. The van der Waals surface area contributed by atoms with Crippen molar-refractivity contribution in [2.75, 3.05) is 32.8 Å². The van der Waals surface area contributed by atoms with Crippen molar-refractivity contribution in [3.63, 3.8) is 0 Å². The molecule has 1 saturated heterocycles. The number of carbonyl (C=O) groups excluding carboxylic acids is 1. The first-order valence-corrected chi connectivity index (χ1v) is 17.4. The smallest absolute Gasteiger partial charge is 0.246 e. The molecule has 0 spiro atoms. The number of halogens is 2. The SMILES string of the molecule is Cc1ccc(COc2ccc(Oc3cc(C)c(/C=C/C(=O)N4CCN(Cc5ccc(CCOc6ccc(F)cc6)cc5)CC4)cc3Cl)nc2)cc1. The molecular weight excluding hydrogens is 665 g/mol. The van der Waals surface area contributed by atoms with Gasteiger partial charge in [0.2, 0.25) is 11.8 Å². The second-order valence-corrected chi connectivity index (χ2v) is 13.1. The molecule has 0 bridgehead atoms. The molecule has 9 heteroatoms. The van der Waals surface area contributed by atoms with Gasteiger partial charge in [0.05, 0.1) is 17.8 Å². The van der Waals surface area contributed by atoms with Crippen LogP contribution in [0.5, 0.6) is 23.1 Å². The van der Waals surface area contributed by atoms with Crippen LogP contribution in [-0.4, -0.2) is 53.5 Å². The maximum Gasteiger partial charge on any atom is 0.246 e. The van der Waals surface area contributed by atoms with E-state index in [1.807, 2.05) is 42.2 Å². The number of rotatable bonds is 13. The van der Waals surface area contributed by atoms with Crippen LogP contribution < -0.4 is 14.2 Å². The minimum Gasteiger partial charge on any atom is -0.493 e. The predicted octanol–water partition coefficient (Wildman–Crippen LogP) is 8.84. The minimum atomic E-state index is -0.272. The Hall–Kier alpha value is -5.18. The van der Waals surface area contributed by atoms with Gasteiger partial charge in [-0.05, 0) is 90.2 Å². The van der Waals surface area contributed by atoms with Gasteiger partial charge in [-0.1, -0.05) is 65.7 Å². The number of nitrogens with zero attached hydrogens (tertiary/aromatic N) is 3. The molecule has 0 aliphatic carbocycles. The lowest BCUT2D eigenvalue weighted by atomic mass is 10.1. The van der Waals surface area contributed by atoms with Crippen molar-refractivity contribution < 1.29 is 23.4 Å². The van der Waals surface area contributed by atoms with Crippen LogP contribution in [-0.2, 0) is 24.4 Å². The zero-order valence-corrected chi connectivity index (χ0v) is 29.6. The van der Waals surface area contributed by atoms with E-state index in [1.54, 1.807) is 36.5 Å². The molecule has 262 valence electrons. The van der Waals surface area contributed by atoms with Gasteiger partial charge in [0.25, 0.3) is 0 Å². The van der Waals surface area contributed by atoms with E-state index < -0.39 is 0 Å². The van der Waals surface area contributed by atoms with Crippen LogP contribution in [0.15, 0.2) is 109 Å². The summed E-state index contributed by atoms with van der Waals surface area (Å²) in [7, 11) is 0. The first kappa shape index (κ1) is 35.6. The molecule has 1 aliphatic rings. The zero-order chi connectivity index (χ0) is 35.6. The van der Waals surface area contributed by atoms with Gasteiger partial charge in [-0.3, -0.25) is 9.69 Å². The highest BCUT2D eigenvalue weighted by molar-refractivity contribution is 6.32. The Labute approximate surface area is 303 Å². The number of carbonyl (C=O) groups is 1. The third kappa shape index (κ3) is 10.4. The van der Waals surface area contributed by atoms with E-state index in [0.717, 1.165) is 42.7 Å². The highest BCUT2D eigenvalue weighted by Gasteiger charge is 2.20. The first-order chi connectivity index (χ1) is 24.8. The number of ether oxygens (including phenoxy) is 3. The molecule has 51 heavy (non-hydrogen) atoms. The first-order valence-electron chi connectivity index (χ1n) is 17.1. The molecule has 0 N–H and O–H groups in total. The van der Waals surface area contributed by atoms with Gasteiger partial charge < -0.3 is 19.1 Å². The van der Waals surface area contributed by atoms with E-state index in [-0.39, 0.29) is 11.7 Å². The van der Waals surface area contributed by atoms with Crippen LogP contribution in [0, 0.1) is 19.7 Å². The van der Waals surface area contributed by atoms with Crippen LogP contribution in [0.2, 0.25) is 5.02 Å². The van der Waals surface area contributed by atoms with E-state index in [9.17, 15) is 9.18 Å². The third-order valence-electron chi connectivity index (χ3n) is 8.76. The Morgan fingerprint density at radius 2 is 1.51 bits per heavy atom. The molecule has 0 atom stereocenters. The lowest BCUT2D eigenvalue weighted by Crippen LogP contribution is -2.47. The van der Waals surface area contributed by atoms with Gasteiger partial charge >= 0.3 is 0 Å². The Balaban J connectivity index is 0.932. The van der Waals surface area contributed by atoms with Gasteiger partial charge in [-0.2, -0.15) is 0 Å². The molecule has 6 rings (SSSR count). The van der Waals surface area contributed by atoms with Crippen LogP contribution in [0.4, 0.5) is 4.39 Å². The highest BCUT2D eigenvalue weighted by Crippen LogP contribution is 2.32. The number of pyridine rings is 1. The molecule has 1 aliphatic heterocycles. The van der Waals surface area contributed by atoms with Crippen molar-refractivity contribution in [2.24, 2.45) is 0 Å². The normalized spacial score (nSPS) is 13.4. The molecule has 5 aromatic rings. The molecule has 0 saturated carbocycles. The van der Waals surface area contributed by atoms with Crippen molar-refractivity contribution >= 4 is 23.6 Å². The summed E-state index contributed by atoms with van der Waals surface area (Å²) in [5, 5.41) is 0.425. The fourth-order valence-corrected chi connectivity index (χ4v) is 5.89. The summed E-state index contributed by atoms with van der Waals surface area (Å²) in [6, 6.07) is 30.0. The minimum absolute atomic E-state index is 0.0217. The fraction of sp³-hybridized carbons (Fsp3) is 0.238. The summed E-state index contributed by atoms with van der Waals surface area (Å²) in [5.74, 6) is 1.90. The molecule has 2 heterocycles. The van der Waals surface area contributed by atoms with Gasteiger partial charge in [0.15, 0.2) is 0 Å². The molecule has 4 aromatic carbocycles. The highest BCUT2D eigenvalue weighted by atomic mass is 35.5. The van der Waals surface area contributed by atoms with Crippen molar-refractivity contribution in [3.05, 3.63) is 154 Å². The predicted molar refractivity (Wildman–Crippen MR) is 199 cm³/mol. The van der Waals surface area contributed by atoms with Crippen molar-refractivity contribution in [3.8, 4) is 23.1 Å². The van der Waals surface area contributed by atoms with E-state index in [4.69, 9.17) is 25.8 Å². The van der Waals surface area contributed by atoms with E-state index in [1.165, 1.54) is 28.8 Å². The number of piperazine rings is 1. The summed E-state index contributed by atoms with van der Waals surface area (Å²) in [4.78, 5) is 21.7. The summed E-state index contributed by atoms with van der Waals surface area (Å²) in [5.41, 5.74) is 6.47. The summed E-state index contributed by atoms with van der Waals surface area (Å²) in [6.07, 6.45) is 5.82. The van der Waals surface area contributed by atoms with E-state index in [0.29, 0.717) is 54.5 Å². The quantitative estimate of drug-likeness (QED) is 0.114. The van der Waals surface area contributed by atoms with E-state index in [2.05, 4.69) is 53.2 Å². The number of aromatic nitrogens is 1. The monoisotopic (exact) mass is 705 g/mol. The summed E-state index contributed by atoms with van der Waals surface area (Å²) < 4.78 is 30.6. The average molecular weight is 706 g/mol. The molecule has 1 fully saturated rings. The number of amides is 1. The van der Waals surface area contributed by atoms with Gasteiger partial charge in [0, 0.05) is 51.3 Å². The number of hydrogen-bond donors (Lipinski definition) is 0. The Bertz CT molecular complexity index is 1920. The average Bonchev–Trinajstić information content (AvgIpc) is 3.14. The van der Waals surface area contributed by atoms with Gasteiger partial charge in [-0.15, -0.1) is 0 Å². The van der Waals surface area contributed by atoms with Crippen molar-refractivity contribution in [2.45, 2.75) is 33.4 Å². The second-order valence-electron chi connectivity index (χ2n) is 12.7. The van der Waals surface area contributed by atoms with E-state index >= 15 is 0 Å². The number of benzene rings is 4. The molecule has 0 unspecified atom stereocenters. The third-order valence-corrected chi connectivity index (χ3v) is 9.06. The Morgan fingerprint density at radius 3 is 2.22 bits per heavy atom. The maximum absolute atomic E-state index is 13.1. The largest absolute Gasteiger partial charge is 0.493 e. The van der Waals surface area contributed by atoms with Crippen molar-refractivity contribution in [1.82, 2.24) is 14.8 Å². The molecule has 7 nitrogen and oxygen atoms in total. The van der Waals surface area contributed by atoms with Crippen molar-refractivity contribution in [1.29, 1.82) is 0 Å². The number of aryl methyl sites for hydroxylation is 2. The maximum atomic E-state index is 13.1. The molecule has 1 amide bonds. The number of hydrogen-bond acceptors (Lipinski definition) is 6. The van der Waals surface area contributed by atoms with Gasteiger partial charge in [0.1, 0.15) is 29.7 Å².